The Morgan fingerprint density at radius 2 is 1.81 bits per heavy atom. The van der Waals surface area contributed by atoms with Crippen LogP contribution in [-0.4, -0.2) is 60.5 Å². The Morgan fingerprint density at radius 3 is 2.42 bits per heavy atom. The van der Waals surface area contributed by atoms with E-state index in [0.29, 0.717) is 18.1 Å². The Bertz CT molecular complexity index is 736. The zero-order valence-electron chi connectivity index (χ0n) is 15.0. The maximum atomic E-state index is 11.8. The summed E-state index contributed by atoms with van der Waals surface area (Å²) in [6.07, 6.45) is 4.64. The summed E-state index contributed by atoms with van der Waals surface area (Å²) < 4.78 is 0. The Labute approximate surface area is 153 Å². The number of nitrogens with one attached hydrogen (secondary N) is 2. The number of likely N-dealkylation sites (N-methyl/N-ethyl adjacent to an activating group) is 1. The third-order valence-electron chi connectivity index (χ3n) is 4.31. The molecule has 7 nitrogen and oxygen atoms in total. The summed E-state index contributed by atoms with van der Waals surface area (Å²) >= 11 is 0. The fraction of sp³-hybridized carbons (Fsp3) is 0.316. The van der Waals surface area contributed by atoms with E-state index in [1.54, 1.807) is 6.08 Å². The number of nitrogens with zero attached hydrogens (tertiary/aromatic N) is 4. The number of carbonyl (C=O) groups excluding carboxylic acids is 1. The minimum Gasteiger partial charge on any atom is -0.369 e. The predicted molar refractivity (Wildman–Crippen MR) is 104 cm³/mol. The van der Waals surface area contributed by atoms with E-state index in [2.05, 4.69) is 56.2 Å². The quantitative estimate of drug-likeness (QED) is 0.774. The number of amides is 1. The first-order chi connectivity index (χ1) is 12.7. The summed E-state index contributed by atoms with van der Waals surface area (Å²) in [4.78, 5) is 24.9. The van der Waals surface area contributed by atoms with E-state index >= 15 is 0 Å². The van der Waals surface area contributed by atoms with Crippen molar-refractivity contribution in [2.45, 2.75) is 0 Å². The third kappa shape index (κ3) is 4.58. The van der Waals surface area contributed by atoms with Crippen molar-refractivity contribution in [1.29, 1.82) is 0 Å². The molecule has 1 fully saturated rings. The number of aromatic nitrogens is 2. The molecule has 0 unspecified atom stereocenters. The molecule has 0 saturated carbocycles. The van der Waals surface area contributed by atoms with Crippen LogP contribution < -0.4 is 15.5 Å². The summed E-state index contributed by atoms with van der Waals surface area (Å²) in [6.45, 7) is 8.24. The second-order valence-corrected chi connectivity index (χ2v) is 6.26. The van der Waals surface area contributed by atoms with E-state index < -0.39 is 0 Å². The number of hydrogen-bond acceptors (Lipinski definition) is 6. The fourth-order valence-corrected chi connectivity index (χ4v) is 2.73. The molecule has 136 valence electrons. The van der Waals surface area contributed by atoms with Gasteiger partial charge in [0.15, 0.2) is 0 Å². The van der Waals surface area contributed by atoms with Crippen LogP contribution in [0, 0.1) is 0 Å². The normalized spacial score (nSPS) is 14.7. The number of rotatable bonds is 6. The van der Waals surface area contributed by atoms with Crippen LogP contribution in [0.4, 0.5) is 17.3 Å². The summed E-state index contributed by atoms with van der Waals surface area (Å²) in [5.41, 5.74) is 2.55. The summed E-state index contributed by atoms with van der Waals surface area (Å²) in [6, 6.07) is 8.24. The van der Waals surface area contributed by atoms with Crippen LogP contribution >= 0.6 is 0 Å². The number of benzene rings is 1. The van der Waals surface area contributed by atoms with Crippen molar-refractivity contribution >= 4 is 23.2 Å². The summed E-state index contributed by atoms with van der Waals surface area (Å²) in [5.74, 6) is 0.241. The Morgan fingerprint density at radius 1 is 1.15 bits per heavy atom. The van der Waals surface area contributed by atoms with Gasteiger partial charge in [0.1, 0.15) is 0 Å². The molecular weight excluding hydrogens is 328 g/mol. The average molecular weight is 352 g/mol. The predicted octanol–water partition coefficient (Wildman–Crippen LogP) is 1.89. The molecular formula is C19H24N6O. The van der Waals surface area contributed by atoms with Crippen LogP contribution in [0.2, 0.25) is 0 Å². The highest BCUT2D eigenvalue weighted by atomic mass is 16.1. The largest absolute Gasteiger partial charge is 0.369 e. The van der Waals surface area contributed by atoms with E-state index in [-0.39, 0.29) is 5.91 Å². The molecule has 0 aliphatic carbocycles. The van der Waals surface area contributed by atoms with Gasteiger partial charge in [0.2, 0.25) is 5.95 Å². The van der Waals surface area contributed by atoms with Crippen LogP contribution in [-0.2, 0) is 0 Å². The minimum absolute atomic E-state index is 0.215. The first kappa shape index (κ1) is 17.9. The van der Waals surface area contributed by atoms with Crippen molar-refractivity contribution in [3.05, 3.63) is 54.9 Å². The molecule has 0 atom stereocenters. The Hall–Kier alpha value is -2.93. The molecule has 2 aromatic rings. The van der Waals surface area contributed by atoms with E-state index in [0.717, 1.165) is 31.9 Å². The van der Waals surface area contributed by atoms with Crippen LogP contribution in [0.15, 0.2) is 49.3 Å². The summed E-state index contributed by atoms with van der Waals surface area (Å²) in [5, 5.41) is 5.85. The molecule has 7 heteroatoms. The average Bonchev–Trinajstić information content (AvgIpc) is 2.68. The first-order valence-electron chi connectivity index (χ1n) is 8.67. The molecule has 1 aliphatic rings. The topological polar surface area (TPSA) is 73.4 Å². The SMILES string of the molecule is C=CCNC(=O)c1cnc(Nc2ccc(N3CCN(C)CC3)cc2)nc1. The summed E-state index contributed by atoms with van der Waals surface area (Å²) in [7, 11) is 2.15. The van der Waals surface area contributed by atoms with Crippen LogP contribution in [0.1, 0.15) is 10.4 Å². The molecule has 2 N–H and O–H groups in total. The second-order valence-electron chi connectivity index (χ2n) is 6.26. The number of anilines is 3. The number of piperazine rings is 1. The zero-order chi connectivity index (χ0) is 18.4. The van der Waals surface area contributed by atoms with Gasteiger partial charge in [-0.25, -0.2) is 9.97 Å². The number of hydrogen-bond donors (Lipinski definition) is 2. The van der Waals surface area contributed by atoms with Crippen molar-refractivity contribution in [1.82, 2.24) is 20.2 Å². The molecule has 0 spiro atoms. The molecule has 1 aliphatic heterocycles. The lowest BCUT2D eigenvalue weighted by molar-refractivity contribution is 0.0957. The van der Waals surface area contributed by atoms with E-state index in [1.165, 1.54) is 18.1 Å². The maximum Gasteiger partial charge on any atom is 0.254 e. The van der Waals surface area contributed by atoms with Crippen molar-refractivity contribution in [2.75, 3.05) is 50.0 Å². The fourth-order valence-electron chi connectivity index (χ4n) is 2.73. The Kier molecular flexibility index (Phi) is 5.80. The molecule has 1 aromatic heterocycles. The Balaban J connectivity index is 1.58. The first-order valence-corrected chi connectivity index (χ1v) is 8.67. The highest BCUT2D eigenvalue weighted by Crippen LogP contribution is 2.20. The molecule has 0 radical (unpaired) electrons. The van der Waals surface area contributed by atoms with Crippen LogP contribution in [0.5, 0.6) is 0 Å². The van der Waals surface area contributed by atoms with E-state index in [4.69, 9.17) is 0 Å². The highest BCUT2D eigenvalue weighted by molar-refractivity contribution is 5.93. The van der Waals surface area contributed by atoms with E-state index in [9.17, 15) is 4.79 Å². The number of carbonyl (C=O) groups is 1. The lowest BCUT2D eigenvalue weighted by Gasteiger charge is -2.34. The maximum absolute atomic E-state index is 11.8. The molecule has 26 heavy (non-hydrogen) atoms. The van der Waals surface area contributed by atoms with E-state index in [1.807, 2.05) is 12.1 Å². The van der Waals surface area contributed by atoms with Gasteiger partial charge in [0, 0.05) is 56.5 Å². The zero-order valence-corrected chi connectivity index (χ0v) is 15.0. The van der Waals surface area contributed by atoms with Gasteiger partial charge >= 0.3 is 0 Å². The lowest BCUT2D eigenvalue weighted by atomic mass is 10.2. The smallest absolute Gasteiger partial charge is 0.254 e. The van der Waals surface area contributed by atoms with Crippen LogP contribution in [0.25, 0.3) is 0 Å². The van der Waals surface area contributed by atoms with Crippen molar-refractivity contribution < 1.29 is 4.79 Å². The molecule has 1 saturated heterocycles. The van der Waals surface area contributed by atoms with Crippen molar-refractivity contribution in [3.8, 4) is 0 Å². The highest BCUT2D eigenvalue weighted by Gasteiger charge is 2.14. The van der Waals surface area contributed by atoms with Gasteiger partial charge in [-0.15, -0.1) is 6.58 Å². The van der Waals surface area contributed by atoms with Gasteiger partial charge in [-0.2, -0.15) is 0 Å². The molecule has 3 rings (SSSR count). The molecule has 2 heterocycles. The van der Waals surface area contributed by atoms with Gasteiger partial charge in [-0.3, -0.25) is 4.79 Å². The van der Waals surface area contributed by atoms with Gasteiger partial charge in [0.05, 0.1) is 5.56 Å². The monoisotopic (exact) mass is 352 g/mol. The van der Waals surface area contributed by atoms with Crippen molar-refractivity contribution in [3.63, 3.8) is 0 Å². The van der Waals surface area contributed by atoms with Gasteiger partial charge in [0.25, 0.3) is 5.91 Å². The second kappa shape index (κ2) is 8.44. The molecule has 0 bridgehead atoms. The van der Waals surface area contributed by atoms with Gasteiger partial charge in [-0.1, -0.05) is 6.08 Å². The minimum atomic E-state index is -0.215. The molecule has 1 amide bonds. The van der Waals surface area contributed by atoms with Gasteiger partial charge in [-0.05, 0) is 31.3 Å². The third-order valence-corrected chi connectivity index (χ3v) is 4.31. The van der Waals surface area contributed by atoms with Crippen LogP contribution in [0.3, 0.4) is 0 Å². The lowest BCUT2D eigenvalue weighted by Crippen LogP contribution is -2.44. The van der Waals surface area contributed by atoms with Gasteiger partial charge < -0.3 is 20.4 Å². The van der Waals surface area contributed by atoms with Crippen molar-refractivity contribution in [2.24, 2.45) is 0 Å². The standard InChI is InChI=1S/C19H24N6O/c1-3-8-20-18(26)15-13-21-19(22-14-15)23-16-4-6-17(7-5-16)25-11-9-24(2)10-12-25/h3-7,13-14H,1,8-12H2,2H3,(H,20,26)(H,21,22,23). The molecule has 1 aromatic carbocycles.